The van der Waals surface area contributed by atoms with Gasteiger partial charge in [-0.15, -0.1) is 0 Å². The maximum absolute atomic E-state index is 9.55. The SMILES string of the molecule is CC(C)CN1C[C@]2(C)CNC[C@](C)(C1)C2.O=C(O)C=CC(=O)O. The first kappa shape index (κ1) is 19.6. The molecule has 2 aliphatic heterocycles. The lowest BCUT2D eigenvalue weighted by Crippen LogP contribution is -2.61. The van der Waals surface area contributed by atoms with E-state index in [0.29, 0.717) is 23.0 Å². The number of likely N-dealkylation sites (tertiary alicyclic amines) is 1. The lowest BCUT2D eigenvalue weighted by Gasteiger charge is -2.54. The van der Waals surface area contributed by atoms with Crippen molar-refractivity contribution in [1.82, 2.24) is 10.2 Å². The Balaban J connectivity index is 0.000000284. The average molecular weight is 326 g/mol. The molecule has 6 heteroatoms. The van der Waals surface area contributed by atoms with Gasteiger partial charge in [0.05, 0.1) is 0 Å². The molecule has 0 spiro atoms. The molecule has 0 aromatic rings. The summed E-state index contributed by atoms with van der Waals surface area (Å²) in [5, 5.41) is 19.2. The highest BCUT2D eigenvalue weighted by atomic mass is 16.4. The summed E-state index contributed by atoms with van der Waals surface area (Å²) in [4.78, 5) is 21.8. The third-order valence-electron chi connectivity index (χ3n) is 4.16. The molecule has 2 heterocycles. The molecule has 2 atom stereocenters. The minimum atomic E-state index is -1.26. The summed E-state index contributed by atoms with van der Waals surface area (Å²) in [5.41, 5.74) is 1.03. The van der Waals surface area contributed by atoms with Crippen LogP contribution in [0.3, 0.4) is 0 Å². The molecule has 0 aromatic carbocycles. The van der Waals surface area contributed by atoms with E-state index in [-0.39, 0.29) is 0 Å². The number of piperidine rings is 2. The standard InChI is InChI=1S/C13H26N2.C4H4O4/c1-11(2)5-15-9-12(3)6-13(4,10-15)8-14-7-12;5-3(6)1-2-4(7)8/h11,14H,5-10H2,1-4H3;1-2H,(H,5,6)(H,7,8)/t12-,13+;. The molecule has 0 amide bonds. The number of aliphatic carboxylic acids is 2. The molecule has 0 saturated carbocycles. The molecule has 2 bridgehead atoms. The Hall–Kier alpha value is -1.40. The van der Waals surface area contributed by atoms with Crippen LogP contribution in [0.25, 0.3) is 0 Å². The average Bonchev–Trinajstić information content (AvgIpc) is 2.33. The summed E-state index contributed by atoms with van der Waals surface area (Å²) in [6.45, 7) is 15.8. The fourth-order valence-corrected chi connectivity index (χ4v) is 3.97. The van der Waals surface area contributed by atoms with Crippen LogP contribution in [-0.4, -0.2) is 59.8 Å². The van der Waals surface area contributed by atoms with Gasteiger partial charge >= 0.3 is 11.9 Å². The predicted molar refractivity (Wildman–Crippen MR) is 89.4 cm³/mol. The molecule has 2 aliphatic rings. The Labute approximate surface area is 138 Å². The van der Waals surface area contributed by atoms with E-state index in [2.05, 4.69) is 37.9 Å². The highest BCUT2D eigenvalue weighted by molar-refractivity contribution is 5.89. The van der Waals surface area contributed by atoms with Crippen molar-refractivity contribution in [2.45, 2.75) is 34.1 Å². The Kier molecular flexibility index (Phi) is 6.77. The van der Waals surface area contributed by atoms with E-state index < -0.39 is 11.9 Å². The predicted octanol–water partition coefficient (Wildman–Crippen LogP) is 1.68. The largest absolute Gasteiger partial charge is 0.478 e. The Morgan fingerprint density at radius 3 is 1.87 bits per heavy atom. The second kappa shape index (κ2) is 7.93. The normalized spacial score (nSPS) is 30.8. The van der Waals surface area contributed by atoms with Gasteiger partial charge in [-0.1, -0.05) is 27.7 Å². The van der Waals surface area contributed by atoms with Gasteiger partial charge in [-0.3, -0.25) is 0 Å². The summed E-state index contributed by atoms with van der Waals surface area (Å²) in [6.07, 6.45) is 2.52. The summed E-state index contributed by atoms with van der Waals surface area (Å²) < 4.78 is 0. The number of hydrogen-bond acceptors (Lipinski definition) is 4. The lowest BCUT2D eigenvalue weighted by atomic mass is 9.66. The van der Waals surface area contributed by atoms with Gasteiger partial charge in [0.15, 0.2) is 0 Å². The molecule has 0 aliphatic carbocycles. The third kappa shape index (κ3) is 7.14. The number of rotatable bonds is 4. The van der Waals surface area contributed by atoms with Crippen molar-refractivity contribution in [3.8, 4) is 0 Å². The summed E-state index contributed by atoms with van der Waals surface area (Å²) >= 11 is 0. The molecule has 0 aromatic heterocycles. The molecule has 2 fully saturated rings. The second-order valence-electron chi connectivity index (χ2n) is 7.97. The van der Waals surface area contributed by atoms with Crippen molar-refractivity contribution in [3.63, 3.8) is 0 Å². The van der Waals surface area contributed by atoms with Crippen molar-refractivity contribution >= 4 is 11.9 Å². The number of carboxylic acids is 2. The first-order chi connectivity index (χ1) is 10.5. The van der Waals surface area contributed by atoms with E-state index in [1.165, 1.54) is 39.1 Å². The fourth-order valence-electron chi connectivity index (χ4n) is 3.97. The van der Waals surface area contributed by atoms with Crippen LogP contribution < -0.4 is 5.32 Å². The van der Waals surface area contributed by atoms with Crippen LogP contribution in [0.5, 0.6) is 0 Å². The Morgan fingerprint density at radius 1 is 1.09 bits per heavy atom. The molecule has 0 radical (unpaired) electrons. The monoisotopic (exact) mass is 326 g/mol. The van der Waals surface area contributed by atoms with Gasteiger partial charge in [0, 0.05) is 44.9 Å². The van der Waals surface area contributed by atoms with Crippen molar-refractivity contribution in [2.75, 3.05) is 32.7 Å². The Morgan fingerprint density at radius 2 is 1.52 bits per heavy atom. The second-order valence-corrected chi connectivity index (χ2v) is 7.97. The van der Waals surface area contributed by atoms with Gasteiger partial charge < -0.3 is 20.4 Å². The van der Waals surface area contributed by atoms with Gasteiger partial charge in [0.1, 0.15) is 0 Å². The number of nitrogens with zero attached hydrogens (tertiary/aromatic N) is 1. The van der Waals surface area contributed by atoms with Gasteiger partial charge in [0.2, 0.25) is 0 Å². The molecule has 0 unspecified atom stereocenters. The fraction of sp³-hybridized carbons (Fsp3) is 0.765. The van der Waals surface area contributed by atoms with Crippen molar-refractivity contribution in [3.05, 3.63) is 12.2 Å². The van der Waals surface area contributed by atoms with Crippen LogP contribution >= 0.6 is 0 Å². The molecular weight excluding hydrogens is 296 g/mol. The first-order valence-corrected chi connectivity index (χ1v) is 8.11. The van der Waals surface area contributed by atoms with E-state index in [1.807, 2.05) is 0 Å². The van der Waals surface area contributed by atoms with Crippen LogP contribution in [0.1, 0.15) is 34.1 Å². The summed E-state index contributed by atoms with van der Waals surface area (Å²) in [5.74, 6) is -1.72. The number of hydrogen-bond donors (Lipinski definition) is 3. The molecule has 6 nitrogen and oxygen atoms in total. The molecule has 23 heavy (non-hydrogen) atoms. The number of fused-ring (bicyclic) bond motifs is 2. The van der Waals surface area contributed by atoms with Crippen LogP contribution in [-0.2, 0) is 9.59 Å². The van der Waals surface area contributed by atoms with Crippen molar-refractivity contribution in [1.29, 1.82) is 0 Å². The zero-order valence-electron chi connectivity index (χ0n) is 14.6. The van der Waals surface area contributed by atoms with E-state index in [4.69, 9.17) is 10.2 Å². The minimum Gasteiger partial charge on any atom is -0.478 e. The molecule has 3 N–H and O–H groups in total. The maximum Gasteiger partial charge on any atom is 0.328 e. The topological polar surface area (TPSA) is 89.9 Å². The number of carboxylic acid groups (broad SMARTS) is 2. The third-order valence-corrected chi connectivity index (χ3v) is 4.16. The van der Waals surface area contributed by atoms with Crippen LogP contribution in [0, 0.1) is 16.7 Å². The summed E-state index contributed by atoms with van der Waals surface area (Å²) in [6, 6.07) is 0. The molecular formula is C17H30N2O4. The zero-order valence-corrected chi connectivity index (χ0v) is 14.6. The summed E-state index contributed by atoms with van der Waals surface area (Å²) in [7, 11) is 0. The van der Waals surface area contributed by atoms with E-state index in [0.717, 1.165) is 5.92 Å². The quantitative estimate of drug-likeness (QED) is 0.681. The van der Waals surface area contributed by atoms with E-state index in [1.54, 1.807) is 0 Å². The highest BCUT2D eigenvalue weighted by Crippen LogP contribution is 2.42. The zero-order chi connectivity index (χ0) is 17.7. The van der Waals surface area contributed by atoms with Crippen molar-refractivity contribution in [2.24, 2.45) is 16.7 Å². The molecule has 2 saturated heterocycles. The Bertz CT molecular complexity index is 430. The van der Waals surface area contributed by atoms with Crippen LogP contribution in [0.2, 0.25) is 0 Å². The van der Waals surface area contributed by atoms with Gasteiger partial charge in [-0.05, 0) is 23.2 Å². The lowest BCUT2D eigenvalue weighted by molar-refractivity contribution is -0.134. The minimum absolute atomic E-state index is 0.514. The van der Waals surface area contributed by atoms with Crippen LogP contribution in [0.4, 0.5) is 0 Å². The number of nitrogens with one attached hydrogen (secondary N) is 1. The highest BCUT2D eigenvalue weighted by Gasteiger charge is 2.45. The van der Waals surface area contributed by atoms with E-state index in [9.17, 15) is 9.59 Å². The smallest absolute Gasteiger partial charge is 0.328 e. The van der Waals surface area contributed by atoms with Gasteiger partial charge in [-0.25, -0.2) is 9.59 Å². The maximum atomic E-state index is 9.55. The van der Waals surface area contributed by atoms with E-state index >= 15 is 0 Å². The van der Waals surface area contributed by atoms with Crippen LogP contribution in [0.15, 0.2) is 12.2 Å². The van der Waals surface area contributed by atoms with Gasteiger partial charge in [-0.2, -0.15) is 0 Å². The van der Waals surface area contributed by atoms with Crippen molar-refractivity contribution < 1.29 is 19.8 Å². The first-order valence-electron chi connectivity index (χ1n) is 8.11. The molecule has 132 valence electrons. The molecule has 2 rings (SSSR count). The van der Waals surface area contributed by atoms with Gasteiger partial charge in [0.25, 0.3) is 0 Å². The number of carbonyl (C=O) groups is 2.